The zero-order valence-corrected chi connectivity index (χ0v) is 12.3. The molecule has 1 aliphatic rings. The zero-order valence-electron chi connectivity index (χ0n) is 12.3. The van der Waals surface area contributed by atoms with Crippen molar-refractivity contribution >= 4 is 0 Å². The molecule has 1 aromatic rings. The predicted molar refractivity (Wildman–Crippen MR) is 75.3 cm³/mol. The number of likely N-dealkylation sites (tertiary alicyclic amines) is 1. The summed E-state index contributed by atoms with van der Waals surface area (Å²) < 4.78 is 10.6. The van der Waals surface area contributed by atoms with E-state index in [9.17, 15) is 10.2 Å². The first-order valence-corrected chi connectivity index (χ1v) is 7.21. The van der Waals surface area contributed by atoms with Gasteiger partial charge in [0, 0.05) is 12.6 Å². The van der Waals surface area contributed by atoms with Crippen LogP contribution in [0, 0.1) is 0 Å². The Kier molecular flexibility index (Phi) is 5.21. The Morgan fingerprint density at radius 2 is 2.35 bits per heavy atom. The predicted octanol–water partition coefficient (Wildman–Crippen LogP) is 1.39. The minimum absolute atomic E-state index is 0.113. The van der Waals surface area contributed by atoms with Crippen LogP contribution in [0.2, 0.25) is 0 Å². The average Bonchev–Trinajstić information content (AvgIpc) is 2.98. The molecule has 1 aromatic heterocycles. The molecule has 2 rings (SSSR count). The summed E-state index contributed by atoms with van der Waals surface area (Å²) in [4.78, 5) is 2.15. The summed E-state index contributed by atoms with van der Waals surface area (Å²) in [5.74, 6) is 0.757. The maximum atomic E-state index is 10.1. The molecule has 5 heteroatoms. The van der Waals surface area contributed by atoms with Crippen molar-refractivity contribution in [1.82, 2.24) is 4.90 Å². The standard InChI is InChI=1S/C15H25NO4/c1-15(2,18)14-6-3-7-16(14)9-12(17)10-19-11-13-5-4-8-20-13/h4-5,8,12,14,17-18H,3,6-7,9-11H2,1-2H3. The normalized spacial score (nSPS) is 22.3. The molecule has 2 unspecified atom stereocenters. The van der Waals surface area contributed by atoms with Crippen LogP contribution < -0.4 is 0 Å². The topological polar surface area (TPSA) is 66.1 Å². The van der Waals surface area contributed by atoms with Gasteiger partial charge in [0.05, 0.1) is 24.6 Å². The van der Waals surface area contributed by atoms with Gasteiger partial charge in [-0.15, -0.1) is 0 Å². The van der Waals surface area contributed by atoms with Gasteiger partial charge in [0.2, 0.25) is 0 Å². The third kappa shape index (κ3) is 4.31. The molecule has 1 saturated heterocycles. The Morgan fingerprint density at radius 1 is 1.55 bits per heavy atom. The van der Waals surface area contributed by atoms with E-state index in [1.807, 2.05) is 26.0 Å². The summed E-state index contributed by atoms with van der Waals surface area (Å²) in [6.07, 6.45) is 3.10. The third-order valence-corrected chi connectivity index (χ3v) is 3.76. The van der Waals surface area contributed by atoms with Crippen molar-refractivity contribution in [3.8, 4) is 0 Å². The SMILES string of the molecule is CC(C)(O)C1CCCN1CC(O)COCc1ccco1. The second-order valence-corrected chi connectivity index (χ2v) is 6.05. The summed E-state index contributed by atoms with van der Waals surface area (Å²) in [6, 6.07) is 3.77. The van der Waals surface area contributed by atoms with E-state index >= 15 is 0 Å². The fourth-order valence-electron chi connectivity index (χ4n) is 2.86. The van der Waals surface area contributed by atoms with Crippen molar-refractivity contribution in [1.29, 1.82) is 0 Å². The van der Waals surface area contributed by atoms with Crippen LogP contribution >= 0.6 is 0 Å². The van der Waals surface area contributed by atoms with Crippen LogP contribution in [0.3, 0.4) is 0 Å². The fraction of sp³-hybridized carbons (Fsp3) is 0.733. The number of hydrogen-bond donors (Lipinski definition) is 2. The van der Waals surface area contributed by atoms with Gasteiger partial charge in [-0.05, 0) is 45.4 Å². The molecule has 0 bridgehead atoms. The minimum atomic E-state index is -0.731. The van der Waals surface area contributed by atoms with E-state index in [2.05, 4.69) is 4.90 Å². The van der Waals surface area contributed by atoms with Crippen molar-refractivity contribution in [2.45, 2.75) is 51.0 Å². The van der Waals surface area contributed by atoms with E-state index in [0.717, 1.165) is 25.1 Å². The molecule has 2 N–H and O–H groups in total. The first-order valence-electron chi connectivity index (χ1n) is 7.21. The highest BCUT2D eigenvalue weighted by atomic mass is 16.5. The van der Waals surface area contributed by atoms with Crippen molar-refractivity contribution in [3.63, 3.8) is 0 Å². The van der Waals surface area contributed by atoms with Gasteiger partial charge in [-0.1, -0.05) is 0 Å². The molecule has 0 radical (unpaired) electrons. The highest BCUT2D eigenvalue weighted by molar-refractivity contribution is 4.96. The molecule has 0 aromatic carbocycles. The van der Waals surface area contributed by atoms with Gasteiger partial charge in [0.25, 0.3) is 0 Å². The number of aliphatic hydroxyl groups is 2. The van der Waals surface area contributed by atoms with Gasteiger partial charge < -0.3 is 19.4 Å². The van der Waals surface area contributed by atoms with Gasteiger partial charge in [-0.25, -0.2) is 0 Å². The second-order valence-electron chi connectivity index (χ2n) is 6.05. The number of β-amino-alcohol motifs (C(OH)–C–C–N with tert-alkyl or cyclic N) is 1. The Bertz CT molecular complexity index is 385. The van der Waals surface area contributed by atoms with Gasteiger partial charge in [-0.3, -0.25) is 4.90 Å². The van der Waals surface area contributed by atoms with E-state index in [1.165, 1.54) is 0 Å². The first kappa shape index (κ1) is 15.5. The van der Waals surface area contributed by atoms with Crippen molar-refractivity contribution < 1.29 is 19.4 Å². The van der Waals surface area contributed by atoms with Gasteiger partial charge in [-0.2, -0.15) is 0 Å². The van der Waals surface area contributed by atoms with Crippen LogP contribution in [0.15, 0.2) is 22.8 Å². The lowest BCUT2D eigenvalue weighted by molar-refractivity contribution is -0.0344. The molecule has 0 saturated carbocycles. The molecule has 0 aliphatic carbocycles. The fourth-order valence-corrected chi connectivity index (χ4v) is 2.86. The molecular weight excluding hydrogens is 258 g/mol. The van der Waals surface area contributed by atoms with E-state index in [-0.39, 0.29) is 12.6 Å². The Morgan fingerprint density at radius 3 is 3.00 bits per heavy atom. The molecule has 114 valence electrons. The summed E-state index contributed by atoms with van der Waals surface area (Å²) in [5, 5.41) is 20.2. The molecule has 2 heterocycles. The Hall–Kier alpha value is -0.880. The smallest absolute Gasteiger partial charge is 0.129 e. The molecule has 2 atom stereocenters. The quantitative estimate of drug-likeness (QED) is 0.791. The molecule has 20 heavy (non-hydrogen) atoms. The monoisotopic (exact) mass is 283 g/mol. The number of furan rings is 1. The van der Waals surface area contributed by atoms with E-state index in [1.54, 1.807) is 6.26 Å². The lowest BCUT2D eigenvalue weighted by atomic mass is 9.96. The van der Waals surface area contributed by atoms with Crippen LogP contribution in [0.25, 0.3) is 0 Å². The van der Waals surface area contributed by atoms with Gasteiger partial charge in [0.1, 0.15) is 12.4 Å². The van der Waals surface area contributed by atoms with E-state index in [0.29, 0.717) is 13.2 Å². The van der Waals surface area contributed by atoms with Crippen LogP contribution in [-0.2, 0) is 11.3 Å². The summed E-state index contributed by atoms with van der Waals surface area (Å²) in [5.41, 5.74) is -0.731. The minimum Gasteiger partial charge on any atom is -0.467 e. The first-order chi connectivity index (χ1) is 9.47. The van der Waals surface area contributed by atoms with Crippen LogP contribution in [-0.4, -0.2) is 52.6 Å². The summed E-state index contributed by atoms with van der Waals surface area (Å²) >= 11 is 0. The van der Waals surface area contributed by atoms with E-state index in [4.69, 9.17) is 9.15 Å². The number of ether oxygens (including phenoxy) is 1. The number of aliphatic hydroxyl groups excluding tert-OH is 1. The second kappa shape index (κ2) is 6.72. The zero-order chi connectivity index (χ0) is 14.6. The van der Waals surface area contributed by atoms with Gasteiger partial charge >= 0.3 is 0 Å². The lowest BCUT2D eigenvalue weighted by Gasteiger charge is -2.34. The maximum Gasteiger partial charge on any atom is 0.129 e. The van der Waals surface area contributed by atoms with Crippen LogP contribution in [0.4, 0.5) is 0 Å². The molecule has 0 amide bonds. The molecule has 0 spiro atoms. The largest absolute Gasteiger partial charge is 0.467 e. The van der Waals surface area contributed by atoms with Crippen LogP contribution in [0.1, 0.15) is 32.4 Å². The number of hydrogen-bond acceptors (Lipinski definition) is 5. The summed E-state index contributed by atoms with van der Waals surface area (Å²) in [7, 11) is 0. The molecular formula is C15H25NO4. The highest BCUT2D eigenvalue weighted by Crippen LogP contribution is 2.26. The van der Waals surface area contributed by atoms with Crippen molar-refractivity contribution in [3.05, 3.63) is 24.2 Å². The lowest BCUT2D eigenvalue weighted by Crippen LogP contribution is -2.48. The highest BCUT2D eigenvalue weighted by Gasteiger charge is 2.36. The maximum absolute atomic E-state index is 10.1. The Balaban J connectivity index is 1.72. The third-order valence-electron chi connectivity index (χ3n) is 3.76. The number of nitrogens with zero attached hydrogens (tertiary/aromatic N) is 1. The van der Waals surface area contributed by atoms with E-state index < -0.39 is 11.7 Å². The Labute approximate surface area is 120 Å². The summed E-state index contributed by atoms with van der Waals surface area (Å²) in [6.45, 7) is 5.76. The van der Waals surface area contributed by atoms with Gasteiger partial charge in [0.15, 0.2) is 0 Å². The van der Waals surface area contributed by atoms with Crippen molar-refractivity contribution in [2.24, 2.45) is 0 Å². The molecule has 5 nitrogen and oxygen atoms in total. The number of rotatable bonds is 7. The van der Waals surface area contributed by atoms with Crippen LogP contribution in [0.5, 0.6) is 0 Å². The molecule has 1 aliphatic heterocycles. The molecule has 1 fully saturated rings. The average molecular weight is 283 g/mol. The van der Waals surface area contributed by atoms with Crippen molar-refractivity contribution in [2.75, 3.05) is 19.7 Å².